The number of carbonyl (C=O) groups excluding carboxylic acids is 1. The van der Waals surface area contributed by atoms with E-state index in [-0.39, 0.29) is 12.2 Å². The number of halogens is 2. The SMILES string of the molecule is C#CCOc1c(F)cc(C(=O)NCC2CCC2)cc1F. The van der Waals surface area contributed by atoms with Gasteiger partial charge >= 0.3 is 0 Å². The van der Waals surface area contributed by atoms with Crippen LogP contribution < -0.4 is 10.1 Å². The number of hydrogen-bond donors (Lipinski definition) is 1. The van der Waals surface area contributed by atoms with E-state index in [9.17, 15) is 13.6 Å². The quantitative estimate of drug-likeness (QED) is 0.841. The van der Waals surface area contributed by atoms with Gasteiger partial charge < -0.3 is 10.1 Å². The fourth-order valence-corrected chi connectivity index (χ4v) is 1.98. The van der Waals surface area contributed by atoms with Gasteiger partial charge in [-0.05, 0) is 30.9 Å². The molecule has 5 heteroatoms. The Labute approximate surface area is 116 Å². The minimum Gasteiger partial charge on any atom is -0.475 e. The topological polar surface area (TPSA) is 38.3 Å². The fourth-order valence-electron chi connectivity index (χ4n) is 1.98. The van der Waals surface area contributed by atoms with Crippen molar-refractivity contribution < 1.29 is 18.3 Å². The van der Waals surface area contributed by atoms with Gasteiger partial charge in [-0.15, -0.1) is 6.42 Å². The predicted molar refractivity (Wildman–Crippen MR) is 70.4 cm³/mol. The molecule has 0 aliphatic heterocycles. The fraction of sp³-hybridized carbons (Fsp3) is 0.400. The molecule has 0 aromatic heterocycles. The summed E-state index contributed by atoms with van der Waals surface area (Å²) < 4.78 is 32.1. The molecule has 0 unspecified atom stereocenters. The van der Waals surface area contributed by atoms with Crippen LogP contribution >= 0.6 is 0 Å². The Morgan fingerprint density at radius 3 is 2.55 bits per heavy atom. The van der Waals surface area contributed by atoms with Gasteiger partial charge in [-0.25, -0.2) is 8.78 Å². The van der Waals surface area contributed by atoms with E-state index in [1.807, 2.05) is 0 Å². The molecule has 106 valence electrons. The Balaban J connectivity index is 2.04. The molecular formula is C15H15F2NO2. The van der Waals surface area contributed by atoms with E-state index >= 15 is 0 Å². The number of ether oxygens (including phenoxy) is 1. The Morgan fingerprint density at radius 2 is 2.05 bits per heavy atom. The van der Waals surface area contributed by atoms with Crippen molar-refractivity contribution in [2.75, 3.05) is 13.2 Å². The molecule has 0 saturated heterocycles. The lowest BCUT2D eigenvalue weighted by Crippen LogP contribution is -2.32. The van der Waals surface area contributed by atoms with Crippen LogP contribution in [-0.4, -0.2) is 19.1 Å². The molecule has 1 aromatic rings. The number of amides is 1. The zero-order valence-corrected chi connectivity index (χ0v) is 10.9. The smallest absolute Gasteiger partial charge is 0.251 e. The Kier molecular flexibility index (Phi) is 4.57. The summed E-state index contributed by atoms with van der Waals surface area (Å²) >= 11 is 0. The highest BCUT2D eigenvalue weighted by atomic mass is 19.1. The third-order valence-corrected chi connectivity index (χ3v) is 3.34. The van der Waals surface area contributed by atoms with Gasteiger partial charge in [-0.2, -0.15) is 0 Å². The lowest BCUT2D eigenvalue weighted by Gasteiger charge is -2.25. The molecule has 2 rings (SSSR count). The first-order valence-electron chi connectivity index (χ1n) is 6.45. The van der Waals surface area contributed by atoms with Crippen molar-refractivity contribution in [1.29, 1.82) is 0 Å². The first-order chi connectivity index (χ1) is 9.61. The highest BCUT2D eigenvalue weighted by molar-refractivity contribution is 5.94. The molecule has 0 atom stereocenters. The summed E-state index contributed by atoms with van der Waals surface area (Å²) in [7, 11) is 0. The largest absolute Gasteiger partial charge is 0.475 e. The summed E-state index contributed by atoms with van der Waals surface area (Å²) in [5.41, 5.74) is -0.0626. The van der Waals surface area contributed by atoms with Gasteiger partial charge in [0, 0.05) is 12.1 Å². The second-order valence-corrected chi connectivity index (χ2v) is 4.77. The molecule has 0 bridgehead atoms. The van der Waals surface area contributed by atoms with Crippen molar-refractivity contribution in [1.82, 2.24) is 5.32 Å². The lowest BCUT2D eigenvalue weighted by molar-refractivity contribution is 0.0938. The van der Waals surface area contributed by atoms with Gasteiger partial charge in [0.1, 0.15) is 6.61 Å². The van der Waals surface area contributed by atoms with Crippen LogP contribution in [0.5, 0.6) is 5.75 Å². The molecule has 20 heavy (non-hydrogen) atoms. The third kappa shape index (κ3) is 3.27. The van der Waals surface area contributed by atoms with E-state index in [1.165, 1.54) is 6.42 Å². The van der Waals surface area contributed by atoms with E-state index in [2.05, 4.69) is 11.2 Å². The summed E-state index contributed by atoms with van der Waals surface area (Å²) in [5, 5.41) is 2.67. The van der Waals surface area contributed by atoms with Crippen LogP contribution in [0.2, 0.25) is 0 Å². The summed E-state index contributed by atoms with van der Waals surface area (Å²) in [6, 6.07) is 1.90. The highest BCUT2D eigenvalue weighted by Crippen LogP contribution is 2.26. The number of benzene rings is 1. The van der Waals surface area contributed by atoms with E-state index in [4.69, 9.17) is 11.2 Å². The van der Waals surface area contributed by atoms with Crippen molar-refractivity contribution in [3.05, 3.63) is 29.3 Å². The second-order valence-electron chi connectivity index (χ2n) is 4.77. The Bertz CT molecular complexity index is 524. The van der Waals surface area contributed by atoms with Gasteiger partial charge in [0.15, 0.2) is 17.4 Å². The van der Waals surface area contributed by atoms with E-state index in [0.717, 1.165) is 25.0 Å². The number of hydrogen-bond acceptors (Lipinski definition) is 2. The van der Waals surface area contributed by atoms with Gasteiger partial charge in [-0.3, -0.25) is 4.79 Å². The molecule has 1 N–H and O–H groups in total. The third-order valence-electron chi connectivity index (χ3n) is 3.34. The number of terminal acetylenes is 1. The van der Waals surface area contributed by atoms with E-state index < -0.39 is 23.3 Å². The molecule has 3 nitrogen and oxygen atoms in total. The molecule has 0 spiro atoms. The monoisotopic (exact) mass is 279 g/mol. The van der Waals surface area contributed by atoms with E-state index in [1.54, 1.807) is 0 Å². The molecule has 1 aliphatic carbocycles. The predicted octanol–water partition coefficient (Wildman–Crippen LogP) is 2.51. The average molecular weight is 279 g/mol. The molecule has 1 saturated carbocycles. The van der Waals surface area contributed by atoms with Gasteiger partial charge in [0.2, 0.25) is 0 Å². The zero-order valence-electron chi connectivity index (χ0n) is 10.9. The number of rotatable bonds is 5. The standard InChI is InChI=1S/C15H15F2NO2/c1-2-6-20-14-12(16)7-11(8-13(14)17)15(19)18-9-10-4-3-5-10/h1,7-8,10H,3-6,9H2,(H,18,19). The Hall–Kier alpha value is -2.09. The zero-order chi connectivity index (χ0) is 14.5. The molecule has 0 radical (unpaired) electrons. The molecule has 1 amide bonds. The Morgan fingerprint density at radius 1 is 1.40 bits per heavy atom. The maximum atomic E-state index is 13.7. The molecular weight excluding hydrogens is 264 g/mol. The normalized spacial score (nSPS) is 14.2. The minimum absolute atomic E-state index is 0.0626. The van der Waals surface area contributed by atoms with Crippen LogP contribution in [0.15, 0.2) is 12.1 Å². The van der Waals surface area contributed by atoms with Crippen molar-refractivity contribution in [3.63, 3.8) is 0 Å². The first-order valence-corrected chi connectivity index (χ1v) is 6.45. The first kappa shape index (κ1) is 14.3. The van der Waals surface area contributed by atoms with Crippen LogP contribution in [-0.2, 0) is 0 Å². The molecule has 0 heterocycles. The van der Waals surface area contributed by atoms with Crippen molar-refractivity contribution >= 4 is 5.91 Å². The maximum Gasteiger partial charge on any atom is 0.251 e. The lowest BCUT2D eigenvalue weighted by atomic mass is 9.85. The summed E-state index contributed by atoms with van der Waals surface area (Å²) in [4.78, 5) is 11.8. The molecule has 1 aliphatic rings. The van der Waals surface area contributed by atoms with Gasteiger partial charge in [0.05, 0.1) is 0 Å². The summed E-state index contributed by atoms with van der Waals surface area (Å²) in [6.45, 7) is 0.304. The summed E-state index contributed by atoms with van der Waals surface area (Å²) in [6.07, 6.45) is 8.30. The van der Waals surface area contributed by atoms with Crippen molar-refractivity contribution in [3.8, 4) is 18.1 Å². The van der Waals surface area contributed by atoms with Crippen LogP contribution in [0.4, 0.5) is 8.78 Å². The van der Waals surface area contributed by atoms with Gasteiger partial charge in [0.25, 0.3) is 5.91 Å². The summed E-state index contributed by atoms with van der Waals surface area (Å²) in [5.74, 6) is -0.319. The van der Waals surface area contributed by atoms with Crippen LogP contribution in [0.3, 0.4) is 0 Å². The van der Waals surface area contributed by atoms with Crippen LogP contribution in [0.1, 0.15) is 29.6 Å². The van der Waals surface area contributed by atoms with Crippen LogP contribution in [0, 0.1) is 29.9 Å². The number of carbonyl (C=O) groups is 1. The molecule has 1 aromatic carbocycles. The van der Waals surface area contributed by atoms with Crippen LogP contribution in [0.25, 0.3) is 0 Å². The van der Waals surface area contributed by atoms with Crippen molar-refractivity contribution in [2.24, 2.45) is 5.92 Å². The average Bonchev–Trinajstić information content (AvgIpc) is 2.35. The number of nitrogens with one attached hydrogen (secondary N) is 1. The maximum absolute atomic E-state index is 13.7. The van der Waals surface area contributed by atoms with Crippen molar-refractivity contribution in [2.45, 2.75) is 19.3 Å². The highest BCUT2D eigenvalue weighted by Gasteiger charge is 2.20. The van der Waals surface area contributed by atoms with E-state index in [0.29, 0.717) is 12.5 Å². The molecule has 1 fully saturated rings. The second kappa shape index (κ2) is 6.38. The minimum atomic E-state index is -0.936. The van der Waals surface area contributed by atoms with Gasteiger partial charge in [-0.1, -0.05) is 12.3 Å².